The molecule has 2 amide bonds. The number of amides is 2. The van der Waals surface area contributed by atoms with Crippen molar-refractivity contribution in [2.45, 2.75) is 11.8 Å². The van der Waals surface area contributed by atoms with Crippen LogP contribution in [-0.4, -0.2) is 17.6 Å². The van der Waals surface area contributed by atoms with Crippen LogP contribution < -0.4 is 10.6 Å². The van der Waals surface area contributed by atoms with Crippen LogP contribution in [0.2, 0.25) is 0 Å². The van der Waals surface area contributed by atoms with Crippen molar-refractivity contribution in [2.75, 3.05) is 6.54 Å². The topological polar surface area (TPSA) is 58.4 Å². The number of benzene rings is 1. The van der Waals surface area contributed by atoms with Crippen LogP contribution >= 0.6 is 11.9 Å². The zero-order chi connectivity index (χ0) is 10.4. The smallest absolute Gasteiger partial charge is 0.329 e. The average Bonchev–Trinajstić information content (AvgIpc) is 2.20. The number of primary amides is 1. The van der Waals surface area contributed by atoms with Crippen molar-refractivity contribution in [2.24, 2.45) is 5.73 Å². The molecule has 0 unspecified atom stereocenters. The zero-order valence-electron chi connectivity index (χ0n) is 7.93. The van der Waals surface area contributed by atoms with E-state index in [0.29, 0.717) is 6.54 Å². The molecule has 0 bridgehead atoms. The first kappa shape index (κ1) is 10.9. The molecule has 76 valence electrons. The molecule has 14 heavy (non-hydrogen) atoms. The number of urea groups is 1. The van der Waals surface area contributed by atoms with E-state index in [4.69, 9.17) is 5.73 Å². The Balaban J connectivity index is 2.44. The van der Waals surface area contributed by atoms with E-state index in [0.717, 1.165) is 4.90 Å². The number of carbonyl (C=O) groups is 1. The summed E-state index contributed by atoms with van der Waals surface area (Å²) in [6, 6.07) is 9.24. The van der Waals surface area contributed by atoms with Crippen LogP contribution in [0.5, 0.6) is 0 Å². The molecule has 0 spiro atoms. The van der Waals surface area contributed by atoms with E-state index >= 15 is 0 Å². The molecule has 5 heteroatoms. The predicted octanol–water partition coefficient (Wildman–Crippen LogP) is 1.60. The lowest BCUT2D eigenvalue weighted by Crippen LogP contribution is -2.42. The molecule has 0 aromatic heterocycles. The highest BCUT2D eigenvalue weighted by molar-refractivity contribution is 7.97. The number of carbonyl (C=O) groups excluding carboxylic acids is 1. The summed E-state index contributed by atoms with van der Waals surface area (Å²) < 4.78 is 0. The van der Waals surface area contributed by atoms with Crippen LogP contribution in [0.15, 0.2) is 35.2 Å². The van der Waals surface area contributed by atoms with Gasteiger partial charge in [0.2, 0.25) is 0 Å². The summed E-state index contributed by atoms with van der Waals surface area (Å²) in [5.41, 5.74) is 5.12. The monoisotopic (exact) mass is 211 g/mol. The van der Waals surface area contributed by atoms with Crippen LogP contribution in [-0.2, 0) is 0 Å². The second-order valence-electron chi connectivity index (χ2n) is 2.59. The van der Waals surface area contributed by atoms with E-state index in [2.05, 4.69) is 4.83 Å². The van der Waals surface area contributed by atoms with Gasteiger partial charge in [0.1, 0.15) is 0 Å². The summed E-state index contributed by atoms with van der Waals surface area (Å²) in [4.78, 5) is 14.7. The number of nitrogens with zero attached hydrogens (tertiary/aromatic N) is 1. The molecule has 1 aromatic carbocycles. The molecule has 0 aliphatic carbocycles. The highest BCUT2D eigenvalue weighted by atomic mass is 32.2. The van der Waals surface area contributed by atoms with E-state index in [-0.39, 0.29) is 0 Å². The number of hydrazine groups is 1. The highest BCUT2D eigenvalue weighted by Gasteiger charge is 2.05. The highest BCUT2D eigenvalue weighted by Crippen LogP contribution is 2.13. The SMILES string of the molecule is CCN(NSc1ccccc1)C(N)=O. The molecule has 3 N–H and O–H groups in total. The Hall–Kier alpha value is -1.20. The van der Waals surface area contributed by atoms with Crippen molar-refractivity contribution in [1.29, 1.82) is 0 Å². The zero-order valence-corrected chi connectivity index (χ0v) is 8.75. The molecule has 0 radical (unpaired) electrons. The molecular formula is C9H13N3OS. The summed E-state index contributed by atoms with van der Waals surface area (Å²) in [5.74, 6) is 0. The maximum Gasteiger partial charge on any atom is 0.329 e. The third-order valence-corrected chi connectivity index (χ3v) is 2.42. The number of rotatable bonds is 4. The lowest BCUT2D eigenvalue weighted by Gasteiger charge is -2.17. The summed E-state index contributed by atoms with van der Waals surface area (Å²) in [6.07, 6.45) is 0. The Morgan fingerprint density at radius 2 is 2.14 bits per heavy atom. The maximum absolute atomic E-state index is 10.8. The van der Waals surface area contributed by atoms with Crippen LogP contribution in [0.1, 0.15) is 6.92 Å². The van der Waals surface area contributed by atoms with Crippen LogP contribution in [0.4, 0.5) is 4.79 Å². The van der Waals surface area contributed by atoms with Crippen molar-refractivity contribution in [3.63, 3.8) is 0 Å². The van der Waals surface area contributed by atoms with Gasteiger partial charge < -0.3 is 5.73 Å². The molecule has 0 atom stereocenters. The molecule has 0 aliphatic heterocycles. The quantitative estimate of drug-likeness (QED) is 0.587. The Bertz CT molecular complexity index is 291. The fraction of sp³-hybridized carbons (Fsp3) is 0.222. The van der Waals surface area contributed by atoms with Crippen molar-refractivity contribution >= 4 is 18.0 Å². The summed E-state index contributed by atoms with van der Waals surface area (Å²) in [7, 11) is 0. The lowest BCUT2D eigenvalue weighted by atomic mass is 10.4. The molecule has 0 heterocycles. The minimum atomic E-state index is -0.476. The molecule has 1 rings (SSSR count). The number of hydrogen-bond acceptors (Lipinski definition) is 3. The van der Waals surface area contributed by atoms with Gasteiger partial charge >= 0.3 is 6.03 Å². The first-order valence-corrected chi connectivity index (χ1v) is 5.10. The van der Waals surface area contributed by atoms with Gasteiger partial charge in [-0.3, -0.25) is 5.01 Å². The fourth-order valence-electron chi connectivity index (χ4n) is 0.862. The molecule has 4 nitrogen and oxygen atoms in total. The number of hydrogen-bond donors (Lipinski definition) is 2. The van der Waals surface area contributed by atoms with Gasteiger partial charge in [0, 0.05) is 11.4 Å². The second kappa shape index (κ2) is 5.51. The van der Waals surface area contributed by atoms with Gasteiger partial charge in [-0.25, -0.2) is 4.79 Å². The lowest BCUT2D eigenvalue weighted by molar-refractivity contribution is 0.204. The van der Waals surface area contributed by atoms with Gasteiger partial charge in [0.25, 0.3) is 0 Å². The van der Waals surface area contributed by atoms with Gasteiger partial charge in [-0.05, 0) is 31.0 Å². The van der Waals surface area contributed by atoms with Gasteiger partial charge in [-0.1, -0.05) is 18.2 Å². The van der Waals surface area contributed by atoms with Gasteiger partial charge in [-0.15, -0.1) is 0 Å². The van der Waals surface area contributed by atoms with E-state index in [1.165, 1.54) is 17.0 Å². The molecule has 1 aromatic rings. The van der Waals surface area contributed by atoms with E-state index < -0.39 is 6.03 Å². The minimum absolute atomic E-state index is 0.476. The third kappa shape index (κ3) is 3.27. The van der Waals surface area contributed by atoms with Gasteiger partial charge in [-0.2, -0.15) is 4.83 Å². The Labute approximate surface area is 87.6 Å². The Morgan fingerprint density at radius 1 is 1.50 bits per heavy atom. The number of nitrogens with two attached hydrogens (primary N) is 1. The minimum Gasteiger partial charge on any atom is -0.350 e. The molecule has 0 saturated carbocycles. The molecule has 0 aliphatic rings. The van der Waals surface area contributed by atoms with E-state index in [1.807, 2.05) is 37.3 Å². The largest absolute Gasteiger partial charge is 0.350 e. The standard InChI is InChI=1S/C9H13N3OS/c1-2-12(9(10)13)11-14-8-6-4-3-5-7-8/h3-7,11H,2H2,1H3,(H2,10,13). The Morgan fingerprint density at radius 3 is 2.64 bits per heavy atom. The molecular weight excluding hydrogens is 198 g/mol. The summed E-state index contributed by atoms with van der Waals surface area (Å²) in [5, 5.41) is 1.34. The van der Waals surface area contributed by atoms with Crippen LogP contribution in [0.25, 0.3) is 0 Å². The predicted molar refractivity (Wildman–Crippen MR) is 57.4 cm³/mol. The van der Waals surface area contributed by atoms with E-state index in [1.54, 1.807) is 0 Å². The number of nitrogens with one attached hydrogen (secondary N) is 1. The summed E-state index contributed by atoms with van der Waals surface area (Å²) in [6.45, 7) is 2.39. The van der Waals surface area contributed by atoms with E-state index in [9.17, 15) is 4.79 Å². The molecule has 0 fully saturated rings. The third-order valence-electron chi connectivity index (χ3n) is 1.60. The van der Waals surface area contributed by atoms with Gasteiger partial charge in [0.15, 0.2) is 0 Å². The molecule has 0 saturated heterocycles. The Kier molecular flexibility index (Phi) is 4.28. The average molecular weight is 211 g/mol. The van der Waals surface area contributed by atoms with Crippen molar-refractivity contribution < 1.29 is 4.79 Å². The van der Waals surface area contributed by atoms with Crippen molar-refractivity contribution in [3.05, 3.63) is 30.3 Å². The summed E-state index contributed by atoms with van der Waals surface area (Å²) >= 11 is 1.36. The normalized spacial score (nSPS) is 9.79. The maximum atomic E-state index is 10.8. The van der Waals surface area contributed by atoms with Crippen molar-refractivity contribution in [3.8, 4) is 0 Å². The van der Waals surface area contributed by atoms with Crippen LogP contribution in [0.3, 0.4) is 0 Å². The van der Waals surface area contributed by atoms with Gasteiger partial charge in [0.05, 0.1) is 0 Å². The van der Waals surface area contributed by atoms with Crippen LogP contribution in [0, 0.1) is 0 Å². The second-order valence-corrected chi connectivity index (χ2v) is 3.45. The first-order chi connectivity index (χ1) is 6.74. The fourth-order valence-corrected chi connectivity index (χ4v) is 1.59. The first-order valence-electron chi connectivity index (χ1n) is 4.28. The van der Waals surface area contributed by atoms with Crippen molar-refractivity contribution in [1.82, 2.24) is 9.84 Å².